The third kappa shape index (κ3) is 6.43. The molecule has 6 nitrogen and oxygen atoms in total. The van der Waals surface area contributed by atoms with Crippen LogP contribution < -0.4 is 26.9 Å². The second kappa shape index (κ2) is 11.3. The summed E-state index contributed by atoms with van der Waals surface area (Å²) < 4.78 is 3.80. The van der Waals surface area contributed by atoms with Gasteiger partial charge in [-0.05, 0) is 41.8 Å². The van der Waals surface area contributed by atoms with E-state index in [1.54, 1.807) is 0 Å². The Morgan fingerprint density at radius 1 is 0.839 bits per heavy atom. The van der Waals surface area contributed by atoms with Gasteiger partial charge in [-0.1, -0.05) is 41.4 Å². The fourth-order valence-corrected chi connectivity index (χ4v) is 3.04. The highest BCUT2D eigenvalue weighted by atomic mass is 35.5. The van der Waals surface area contributed by atoms with E-state index in [9.17, 15) is 0 Å². The molecule has 0 bridgehead atoms. The largest absolute Gasteiger partial charge is 1.00 e. The quantitative estimate of drug-likeness (QED) is 0.382. The molecule has 0 aliphatic carbocycles. The number of anilines is 2. The van der Waals surface area contributed by atoms with Crippen molar-refractivity contribution in [1.82, 2.24) is 4.68 Å². The van der Waals surface area contributed by atoms with Gasteiger partial charge in [-0.15, -0.1) is 9.35 Å². The highest BCUT2D eigenvalue weighted by Gasteiger charge is 2.15. The van der Waals surface area contributed by atoms with E-state index in [0.29, 0.717) is 0 Å². The molecule has 31 heavy (non-hydrogen) atoms. The van der Waals surface area contributed by atoms with E-state index in [1.165, 1.54) is 11.4 Å². The van der Waals surface area contributed by atoms with E-state index in [2.05, 4.69) is 75.5 Å². The first kappa shape index (κ1) is 24.2. The van der Waals surface area contributed by atoms with E-state index in [-0.39, 0.29) is 12.4 Å². The number of imidazole rings is 1. The van der Waals surface area contributed by atoms with E-state index in [0.717, 1.165) is 29.8 Å². The van der Waals surface area contributed by atoms with Crippen molar-refractivity contribution in [1.29, 1.82) is 0 Å². The summed E-state index contributed by atoms with van der Waals surface area (Å²) in [6.07, 6.45) is 9.56. The maximum absolute atomic E-state index is 4.65. The zero-order valence-electron chi connectivity index (χ0n) is 18.9. The molecule has 0 atom stereocenters. The molecule has 1 heterocycles. The fraction of sp³-hybridized carbons (Fsp3) is 0.292. The average Bonchev–Trinajstić information content (AvgIpc) is 3.13. The maximum atomic E-state index is 4.65. The van der Waals surface area contributed by atoms with Gasteiger partial charge in [-0.3, -0.25) is 0 Å². The standard InChI is InChI=1S/C24H31N6.ClH/c1-6-7-24-29(25-18-20-8-12-22(13-9-20)27(2)3)16-17-30(24)26-19-21-10-14-23(15-11-21)28(4)5;/h8-19H,6-7H2,1-5H3;1H/q+1;/p-1/b25-18+,26-19+;. The summed E-state index contributed by atoms with van der Waals surface area (Å²) >= 11 is 0. The van der Waals surface area contributed by atoms with Gasteiger partial charge in [0, 0.05) is 39.6 Å². The Morgan fingerprint density at radius 2 is 1.35 bits per heavy atom. The summed E-state index contributed by atoms with van der Waals surface area (Å²) in [4.78, 5) is 4.17. The highest BCUT2D eigenvalue weighted by Crippen LogP contribution is 2.12. The van der Waals surface area contributed by atoms with Crippen molar-refractivity contribution in [3.63, 3.8) is 0 Å². The van der Waals surface area contributed by atoms with Crippen LogP contribution in [0.25, 0.3) is 0 Å². The predicted molar refractivity (Wildman–Crippen MR) is 126 cm³/mol. The molecule has 0 unspecified atom stereocenters. The van der Waals surface area contributed by atoms with Gasteiger partial charge in [0.1, 0.15) is 0 Å². The van der Waals surface area contributed by atoms with Crippen molar-refractivity contribution < 1.29 is 17.1 Å². The molecule has 0 radical (unpaired) electrons. The molecule has 1 aromatic heterocycles. The molecule has 2 aromatic carbocycles. The number of hydrogen-bond acceptors (Lipinski definition) is 4. The van der Waals surface area contributed by atoms with Crippen molar-refractivity contribution in [3.05, 3.63) is 77.9 Å². The van der Waals surface area contributed by atoms with Gasteiger partial charge in [-0.25, -0.2) is 0 Å². The summed E-state index contributed by atoms with van der Waals surface area (Å²) in [5.74, 6) is 1.04. The number of rotatable bonds is 8. The second-order valence-corrected chi connectivity index (χ2v) is 7.61. The molecule has 3 rings (SSSR count). The lowest BCUT2D eigenvalue weighted by atomic mass is 10.2. The van der Waals surface area contributed by atoms with Crippen molar-refractivity contribution in [2.45, 2.75) is 19.8 Å². The Kier molecular flexibility index (Phi) is 8.82. The summed E-state index contributed by atoms with van der Waals surface area (Å²) in [5.41, 5.74) is 4.47. The Morgan fingerprint density at radius 3 is 1.84 bits per heavy atom. The number of hydrogen-bond donors (Lipinski definition) is 0. The summed E-state index contributed by atoms with van der Waals surface area (Å²) in [6.45, 7) is 2.16. The Hall–Kier alpha value is -3.12. The summed E-state index contributed by atoms with van der Waals surface area (Å²) in [6, 6.07) is 16.7. The Balaban J connectivity index is 0.00000341. The zero-order valence-corrected chi connectivity index (χ0v) is 19.7. The average molecular weight is 439 g/mol. The van der Waals surface area contributed by atoms with E-state index < -0.39 is 0 Å². The van der Waals surface area contributed by atoms with Crippen LogP contribution in [0.4, 0.5) is 11.4 Å². The molecule has 164 valence electrons. The number of nitrogens with zero attached hydrogens (tertiary/aromatic N) is 6. The first-order valence-electron chi connectivity index (χ1n) is 10.2. The number of halogens is 1. The van der Waals surface area contributed by atoms with Crippen LogP contribution in [-0.2, 0) is 6.42 Å². The van der Waals surface area contributed by atoms with Crippen LogP contribution in [0, 0.1) is 0 Å². The van der Waals surface area contributed by atoms with Crippen molar-refractivity contribution in [2.75, 3.05) is 38.0 Å². The highest BCUT2D eigenvalue weighted by molar-refractivity contribution is 5.80. The van der Waals surface area contributed by atoms with Crippen LogP contribution in [0.15, 0.2) is 71.1 Å². The first-order chi connectivity index (χ1) is 14.5. The monoisotopic (exact) mass is 438 g/mol. The molecular formula is C24H31ClN6. The van der Waals surface area contributed by atoms with E-state index in [4.69, 9.17) is 0 Å². The lowest BCUT2D eigenvalue weighted by Gasteiger charge is -2.11. The lowest BCUT2D eigenvalue weighted by Crippen LogP contribution is -3.00. The minimum atomic E-state index is 0. The van der Waals surface area contributed by atoms with Crippen LogP contribution in [0.2, 0.25) is 0 Å². The number of benzene rings is 2. The lowest BCUT2D eigenvalue weighted by molar-refractivity contribution is -0.685. The van der Waals surface area contributed by atoms with Crippen LogP contribution in [0.1, 0.15) is 30.3 Å². The van der Waals surface area contributed by atoms with Crippen molar-refractivity contribution in [2.24, 2.45) is 10.2 Å². The zero-order chi connectivity index (χ0) is 21.5. The third-order valence-corrected chi connectivity index (χ3v) is 4.83. The van der Waals surface area contributed by atoms with Gasteiger partial charge in [0.25, 0.3) is 0 Å². The second-order valence-electron chi connectivity index (χ2n) is 7.61. The maximum Gasteiger partial charge on any atom is 0.307 e. The van der Waals surface area contributed by atoms with Gasteiger partial charge in [0.05, 0.1) is 18.9 Å². The van der Waals surface area contributed by atoms with Crippen LogP contribution in [0.5, 0.6) is 0 Å². The molecule has 0 N–H and O–H groups in total. The minimum absolute atomic E-state index is 0. The molecule has 0 spiro atoms. The van der Waals surface area contributed by atoms with E-state index in [1.807, 2.05) is 62.4 Å². The molecule has 0 fully saturated rings. The molecule has 7 heteroatoms. The van der Waals surface area contributed by atoms with Gasteiger partial charge >= 0.3 is 5.82 Å². The SMILES string of the molecule is CCCc1n(/N=C/c2ccc(N(C)C)cc2)cc[n+]1/N=C/c1ccc(N(C)C)cc1.[Cl-]. The van der Waals surface area contributed by atoms with Gasteiger partial charge in [-0.2, -0.15) is 0 Å². The summed E-state index contributed by atoms with van der Waals surface area (Å²) in [5, 5.41) is 9.31. The van der Waals surface area contributed by atoms with Gasteiger partial charge < -0.3 is 22.2 Å². The Labute approximate surface area is 191 Å². The third-order valence-electron chi connectivity index (χ3n) is 4.83. The normalized spacial score (nSPS) is 11.1. The van der Waals surface area contributed by atoms with Crippen molar-refractivity contribution >= 4 is 23.8 Å². The fourth-order valence-electron chi connectivity index (χ4n) is 3.04. The smallest absolute Gasteiger partial charge is 0.307 e. The predicted octanol–water partition coefficient (Wildman–Crippen LogP) is 0.629. The molecular weight excluding hydrogens is 408 g/mol. The van der Waals surface area contributed by atoms with Crippen LogP contribution in [-0.4, -0.2) is 45.3 Å². The van der Waals surface area contributed by atoms with Crippen LogP contribution in [0.3, 0.4) is 0 Å². The molecule has 0 saturated heterocycles. The molecule has 0 aliphatic heterocycles. The molecule has 0 aliphatic rings. The molecule has 0 amide bonds. The topological polar surface area (TPSA) is 40.0 Å². The van der Waals surface area contributed by atoms with Crippen LogP contribution >= 0.6 is 0 Å². The molecule has 0 saturated carbocycles. The number of aromatic nitrogens is 2. The molecule has 3 aromatic rings. The summed E-state index contributed by atoms with van der Waals surface area (Å²) in [7, 11) is 8.15. The Bertz CT molecular complexity index is 923. The first-order valence-corrected chi connectivity index (χ1v) is 10.2. The van der Waals surface area contributed by atoms with E-state index >= 15 is 0 Å². The minimum Gasteiger partial charge on any atom is -1.00 e. The van der Waals surface area contributed by atoms with Gasteiger partial charge in [0.15, 0.2) is 12.4 Å². The van der Waals surface area contributed by atoms with Gasteiger partial charge in [0.2, 0.25) is 0 Å². The van der Waals surface area contributed by atoms with Crippen molar-refractivity contribution in [3.8, 4) is 0 Å².